The van der Waals surface area contributed by atoms with Gasteiger partial charge in [0.2, 0.25) is 0 Å². The summed E-state index contributed by atoms with van der Waals surface area (Å²) in [5, 5.41) is 14.9. The molecule has 2 amide bonds. The molecular formula is C14H26N2O3. The van der Waals surface area contributed by atoms with Gasteiger partial charge >= 0.3 is 12.0 Å². The van der Waals surface area contributed by atoms with Gasteiger partial charge in [-0.05, 0) is 51.9 Å². The van der Waals surface area contributed by atoms with Crippen LogP contribution in [0.15, 0.2) is 0 Å². The number of carboxylic acid groups (broad SMARTS) is 1. The predicted octanol–water partition coefficient (Wildman–Crippen LogP) is 2.37. The summed E-state index contributed by atoms with van der Waals surface area (Å²) >= 11 is 0. The zero-order valence-corrected chi connectivity index (χ0v) is 12.4. The molecule has 3 N–H and O–H groups in total. The van der Waals surface area contributed by atoms with E-state index in [1.54, 1.807) is 0 Å². The van der Waals surface area contributed by atoms with Gasteiger partial charge in [-0.25, -0.2) is 4.79 Å². The number of nitrogens with one attached hydrogen (secondary N) is 2. The van der Waals surface area contributed by atoms with Crippen molar-refractivity contribution < 1.29 is 14.7 Å². The molecule has 0 radical (unpaired) electrons. The van der Waals surface area contributed by atoms with Crippen LogP contribution in [0.4, 0.5) is 4.79 Å². The SMILES string of the molecule is CC(C)NC(=O)NCC1(C)CCC(C)(C(=O)O)CC1. The highest BCUT2D eigenvalue weighted by molar-refractivity contribution is 5.74. The van der Waals surface area contributed by atoms with Crippen LogP contribution in [-0.4, -0.2) is 29.7 Å². The average Bonchev–Trinajstić information content (AvgIpc) is 2.30. The summed E-state index contributed by atoms with van der Waals surface area (Å²) in [6.07, 6.45) is 3.01. The van der Waals surface area contributed by atoms with Crippen LogP contribution in [0, 0.1) is 10.8 Å². The maximum atomic E-state index is 11.6. The first-order chi connectivity index (χ1) is 8.67. The summed E-state index contributed by atoms with van der Waals surface area (Å²) in [5.74, 6) is -0.708. The minimum atomic E-state index is -0.708. The summed E-state index contributed by atoms with van der Waals surface area (Å²) in [6.45, 7) is 8.36. The van der Waals surface area contributed by atoms with Gasteiger partial charge in [-0.1, -0.05) is 6.92 Å². The Labute approximate surface area is 115 Å². The Kier molecular flexibility index (Phi) is 4.82. The molecule has 0 aromatic carbocycles. The largest absolute Gasteiger partial charge is 0.481 e. The Bertz CT molecular complexity index is 345. The molecule has 0 spiro atoms. The van der Waals surface area contributed by atoms with Gasteiger partial charge in [0.1, 0.15) is 0 Å². The lowest BCUT2D eigenvalue weighted by molar-refractivity contribution is -0.151. The van der Waals surface area contributed by atoms with E-state index in [9.17, 15) is 14.7 Å². The summed E-state index contributed by atoms with van der Waals surface area (Å²) < 4.78 is 0. The summed E-state index contributed by atoms with van der Waals surface area (Å²) in [6, 6.07) is -0.0303. The van der Waals surface area contributed by atoms with Gasteiger partial charge in [-0.3, -0.25) is 4.79 Å². The van der Waals surface area contributed by atoms with Gasteiger partial charge in [0.25, 0.3) is 0 Å². The molecule has 1 fully saturated rings. The van der Waals surface area contributed by atoms with E-state index in [1.807, 2.05) is 20.8 Å². The average molecular weight is 270 g/mol. The molecule has 0 unspecified atom stereocenters. The van der Waals surface area contributed by atoms with Gasteiger partial charge in [-0.15, -0.1) is 0 Å². The highest BCUT2D eigenvalue weighted by atomic mass is 16.4. The molecule has 0 aromatic rings. The Balaban J connectivity index is 2.44. The van der Waals surface area contributed by atoms with Crippen molar-refractivity contribution in [3.05, 3.63) is 0 Å². The zero-order valence-electron chi connectivity index (χ0n) is 12.4. The molecule has 5 heteroatoms. The molecule has 1 rings (SSSR count). The predicted molar refractivity (Wildman–Crippen MR) is 74.0 cm³/mol. The molecule has 0 aliphatic heterocycles. The molecule has 19 heavy (non-hydrogen) atoms. The number of aliphatic carboxylic acids is 1. The molecule has 1 aliphatic rings. The second-order valence-electron chi connectivity index (χ2n) is 6.66. The summed E-state index contributed by atoms with van der Waals surface area (Å²) in [5.41, 5.74) is -0.594. The molecule has 0 aromatic heterocycles. The fraction of sp³-hybridized carbons (Fsp3) is 0.857. The molecule has 1 aliphatic carbocycles. The van der Waals surface area contributed by atoms with Crippen molar-refractivity contribution in [2.45, 2.75) is 59.4 Å². The van der Waals surface area contributed by atoms with Crippen LogP contribution in [0.2, 0.25) is 0 Å². The normalized spacial score (nSPS) is 31.0. The number of rotatable bonds is 4. The van der Waals surface area contributed by atoms with E-state index in [4.69, 9.17) is 0 Å². The Morgan fingerprint density at radius 3 is 2.11 bits per heavy atom. The fourth-order valence-electron chi connectivity index (χ4n) is 2.40. The van der Waals surface area contributed by atoms with Crippen molar-refractivity contribution in [3.8, 4) is 0 Å². The molecule has 110 valence electrons. The quantitative estimate of drug-likeness (QED) is 0.733. The molecule has 0 atom stereocenters. The van der Waals surface area contributed by atoms with E-state index in [-0.39, 0.29) is 17.5 Å². The van der Waals surface area contributed by atoms with E-state index in [0.717, 1.165) is 12.8 Å². The second kappa shape index (κ2) is 5.80. The maximum absolute atomic E-state index is 11.6. The standard InChI is InChI=1S/C14H26N2O3/c1-10(2)16-12(19)15-9-13(3)5-7-14(4,8-6-13)11(17)18/h10H,5-9H2,1-4H3,(H,17,18)(H2,15,16,19). The minimum absolute atomic E-state index is 0.00325. The third-order valence-corrected chi connectivity index (χ3v) is 4.17. The van der Waals surface area contributed by atoms with Crippen LogP contribution in [0.25, 0.3) is 0 Å². The highest BCUT2D eigenvalue weighted by Crippen LogP contribution is 2.44. The molecule has 0 heterocycles. The first-order valence-corrected chi connectivity index (χ1v) is 6.95. The van der Waals surface area contributed by atoms with Crippen molar-refractivity contribution in [1.82, 2.24) is 10.6 Å². The molecule has 0 saturated heterocycles. The number of carboxylic acids is 1. The van der Waals surface area contributed by atoms with Crippen LogP contribution in [0.3, 0.4) is 0 Å². The van der Waals surface area contributed by atoms with E-state index in [2.05, 4.69) is 17.6 Å². The number of hydrogen-bond acceptors (Lipinski definition) is 2. The third kappa shape index (κ3) is 4.40. The molecule has 0 bridgehead atoms. The van der Waals surface area contributed by atoms with Crippen LogP contribution >= 0.6 is 0 Å². The molecular weight excluding hydrogens is 244 g/mol. The van der Waals surface area contributed by atoms with Crippen LogP contribution in [0.5, 0.6) is 0 Å². The fourth-order valence-corrected chi connectivity index (χ4v) is 2.40. The maximum Gasteiger partial charge on any atom is 0.315 e. The van der Waals surface area contributed by atoms with E-state index < -0.39 is 11.4 Å². The Morgan fingerprint density at radius 2 is 1.68 bits per heavy atom. The van der Waals surface area contributed by atoms with Crippen molar-refractivity contribution in [3.63, 3.8) is 0 Å². The molecule has 1 saturated carbocycles. The molecule has 5 nitrogen and oxygen atoms in total. The van der Waals surface area contributed by atoms with Crippen LogP contribution in [-0.2, 0) is 4.79 Å². The lowest BCUT2D eigenvalue weighted by Crippen LogP contribution is -2.46. The van der Waals surface area contributed by atoms with Gasteiger partial charge < -0.3 is 15.7 Å². The van der Waals surface area contributed by atoms with Crippen molar-refractivity contribution in [1.29, 1.82) is 0 Å². The van der Waals surface area contributed by atoms with Crippen molar-refractivity contribution in [2.24, 2.45) is 10.8 Å². The lowest BCUT2D eigenvalue weighted by Gasteiger charge is -2.41. The van der Waals surface area contributed by atoms with Gasteiger partial charge in [0.05, 0.1) is 5.41 Å². The number of amides is 2. The van der Waals surface area contributed by atoms with Crippen molar-refractivity contribution >= 4 is 12.0 Å². The van der Waals surface area contributed by atoms with Gasteiger partial charge in [0.15, 0.2) is 0 Å². The Hall–Kier alpha value is -1.26. The zero-order chi connectivity index (χ0) is 14.7. The first-order valence-electron chi connectivity index (χ1n) is 6.95. The van der Waals surface area contributed by atoms with Crippen LogP contribution in [0.1, 0.15) is 53.4 Å². The lowest BCUT2D eigenvalue weighted by atomic mass is 9.65. The topological polar surface area (TPSA) is 78.4 Å². The summed E-state index contributed by atoms with van der Waals surface area (Å²) in [4.78, 5) is 22.8. The number of carbonyl (C=O) groups excluding carboxylic acids is 1. The van der Waals surface area contributed by atoms with E-state index >= 15 is 0 Å². The third-order valence-electron chi connectivity index (χ3n) is 4.17. The van der Waals surface area contributed by atoms with E-state index in [0.29, 0.717) is 19.4 Å². The number of urea groups is 1. The Morgan fingerprint density at radius 1 is 1.16 bits per heavy atom. The van der Waals surface area contributed by atoms with Crippen LogP contribution < -0.4 is 10.6 Å². The second-order valence-corrected chi connectivity index (χ2v) is 6.66. The number of carbonyl (C=O) groups is 2. The highest BCUT2D eigenvalue weighted by Gasteiger charge is 2.42. The summed E-state index contributed by atoms with van der Waals surface area (Å²) in [7, 11) is 0. The smallest absolute Gasteiger partial charge is 0.315 e. The van der Waals surface area contributed by atoms with Crippen molar-refractivity contribution in [2.75, 3.05) is 6.54 Å². The van der Waals surface area contributed by atoms with Gasteiger partial charge in [0, 0.05) is 12.6 Å². The number of hydrogen-bond donors (Lipinski definition) is 3. The van der Waals surface area contributed by atoms with E-state index in [1.165, 1.54) is 0 Å². The van der Waals surface area contributed by atoms with Gasteiger partial charge in [-0.2, -0.15) is 0 Å². The first kappa shape index (κ1) is 15.8. The monoisotopic (exact) mass is 270 g/mol. The minimum Gasteiger partial charge on any atom is -0.481 e.